The first-order valence-corrected chi connectivity index (χ1v) is 11.1. The van der Waals surface area contributed by atoms with Crippen molar-refractivity contribution in [2.45, 2.75) is 15.9 Å². The maximum atomic E-state index is 10.6. The van der Waals surface area contributed by atoms with E-state index >= 15 is 0 Å². The summed E-state index contributed by atoms with van der Waals surface area (Å²) in [4.78, 5) is 2.35. The third kappa shape index (κ3) is 4.29. The van der Waals surface area contributed by atoms with Crippen molar-refractivity contribution < 1.29 is 9.84 Å². The quantitative estimate of drug-likeness (QED) is 0.292. The number of hydrogen-bond donors (Lipinski definition) is 1. The molecular formula is C28H22O2S. The molecule has 0 spiro atoms. The molecular weight excluding hydrogens is 400 g/mol. The average molecular weight is 423 g/mol. The third-order valence-electron chi connectivity index (χ3n) is 5.33. The summed E-state index contributed by atoms with van der Waals surface area (Å²) >= 11 is 1.73. The Hall–Kier alpha value is -3.27. The summed E-state index contributed by atoms with van der Waals surface area (Å²) < 4.78 is 6.29. The molecule has 0 aliphatic carbocycles. The second-order valence-electron chi connectivity index (χ2n) is 7.46. The predicted octanol–water partition coefficient (Wildman–Crippen LogP) is 7.26. The van der Waals surface area contributed by atoms with Crippen LogP contribution >= 0.6 is 11.8 Å². The lowest BCUT2D eigenvalue weighted by Gasteiger charge is -2.17. The summed E-state index contributed by atoms with van der Waals surface area (Å²) in [7, 11) is 0. The van der Waals surface area contributed by atoms with Gasteiger partial charge in [-0.3, -0.25) is 0 Å². The first kappa shape index (κ1) is 19.7. The number of benzene rings is 5. The van der Waals surface area contributed by atoms with Gasteiger partial charge in [0.2, 0.25) is 0 Å². The minimum Gasteiger partial charge on any atom is -0.489 e. The molecule has 1 atom stereocenters. The molecule has 0 aliphatic rings. The van der Waals surface area contributed by atoms with Crippen LogP contribution in [0.2, 0.25) is 0 Å². The number of hydrogen-bond acceptors (Lipinski definition) is 3. The number of aliphatic hydroxyl groups is 1. The number of rotatable bonds is 6. The maximum absolute atomic E-state index is 10.6. The fourth-order valence-corrected chi connectivity index (χ4v) is 4.66. The zero-order chi connectivity index (χ0) is 21.0. The standard InChI is InChI=1S/C28H22O2S/c29-27(20-9-3-1-4-10-20)19-30-28-25-14-8-7-11-21(25)17-22-15-16-24(18-26(22)28)31-23-12-5-2-6-13-23/h1-18,27,29H,19H2. The summed E-state index contributed by atoms with van der Waals surface area (Å²) in [5, 5.41) is 15.0. The molecule has 5 rings (SSSR count). The Kier molecular flexibility index (Phi) is 5.61. The predicted molar refractivity (Wildman–Crippen MR) is 129 cm³/mol. The molecule has 0 saturated carbocycles. The molecule has 0 aromatic heterocycles. The van der Waals surface area contributed by atoms with Crippen LogP contribution in [0.4, 0.5) is 0 Å². The highest BCUT2D eigenvalue weighted by atomic mass is 32.2. The topological polar surface area (TPSA) is 29.5 Å². The Bertz CT molecular complexity index is 1320. The zero-order valence-corrected chi connectivity index (χ0v) is 17.8. The lowest BCUT2D eigenvalue weighted by atomic mass is 10.0. The van der Waals surface area contributed by atoms with E-state index in [4.69, 9.17) is 4.74 Å². The minimum absolute atomic E-state index is 0.198. The van der Waals surface area contributed by atoms with Crippen LogP contribution in [0.15, 0.2) is 119 Å². The highest BCUT2D eigenvalue weighted by molar-refractivity contribution is 7.99. The van der Waals surface area contributed by atoms with Crippen LogP contribution in [-0.4, -0.2) is 11.7 Å². The SMILES string of the molecule is OC(COc1c2ccccc2cc2ccc(Sc3ccccc3)cc12)c1ccccc1. The van der Waals surface area contributed by atoms with Gasteiger partial charge in [0, 0.05) is 20.6 Å². The van der Waals surface area contributed by atoms with Crippen LogP contribution in [-0.2, 0) is 0 Å². The summed E-state index contributed by atoms with van der Waals surface area (Å²) in [6, 6.07) is 36.9. The molecule has 0 fully saturated rings. The summed E-state index contributed by atoms with van der Waals surface area (Å²) in [5.74, 6) is 0.818. The van der Waals surface area contributed by atoms with E-state index in [2.05, 4.69) is 60.7 Å². The van der Waals surface area contributed by atoms with Gasteiger partial charge in [-0.25, -0.2) is 0 Å². The zero-order valence-electron chi connectivity index (χ0n) is 16.9. The molecule has 152 valence electrons. The van der Waals surface area contributed by atoms with Crippen LogP contribution < -0.4 is 4.74 Å². The van der Waals surface area contributed by atoms with Gasteiger partial charge in [0.05, 0.1) is 0 Å². The van der Waals surface area contributed by atoms with Crippen LogP contribution in [0.25, 0.3) is 21.5 Å². The smallest absolute Gasteiger partial charge is 0.135 e. The van der Waals surface area contributed by atoms with E-state index in [1.54, 1.807) is 11.8 Å². The molecule has 5 aromatic carbocycles. The molecule has 1 unspecified atom stereocenters. The van der Waals surface area contributed by atoms with Crippen LogP contribution in [0.3, 0.4) is 0 Å². The van der Waals surface area contributed by atoms with Gasteiger partial charge in [0.15, 0.2) is 0 Å². The maximum Gasteiger partial charge on any atom is 0.135 e. The number of ether oxygens (including phenoxy) is 1. The van der Waals surface area contributed by atoms with Crippen LogP contribution in [0, 0.1) is 0 Å². The van der Waals surface area contributed by atoms with Crippen LogP contribution in [0.1, 0.15) is 11.7 Å². The fourth-order valence-electron chi connectivity index (χ4n) is 3.78. The number of aliphatic hydroxyl groups excluding tert-OH is 1. The van der Waals surface area contributed by atoms with Gasteiger partial charge in [0.1, 0.15) is 18.5 Å². The highest BCUT2D eigenvalue weighted by Gasteiger charge is 2.13. The largest absolute Gasteiger partial charge is 0.489 e. The summed E-state index contributed by atoms with van der Waals surface area (Å²) in [6.45, 7) is 0.198. The lowest BCUT2D eigenvalue weighted by molar-refractivity contribution is 0.110. The van der Waals surface area contributed by atoms with Gasteiger partial charge >= 0.3 is 0 Å². The first-order chi connectivity index (χ1) is 15.3. The molecule has 5 aromatic rings. The van der Waals surface area contributed by atoms with Crippen molar-refractivity contribution in [1.29, 1.82) is 0 Å². The Labute approximate surface area is 186 Å². The molecule has 2 nitrogen and oxygen atoms in total. The highest BCUT2D eigenvalue weighted by Crippen LogP contribution is 2.38. The van der Waals surface area contributed by atoms with Crippen molar-refractivity contribution in [3.05, 3.63) is 115 Å². The fraction of sp³-hybridized carbons (Fsp3) is 0.0714. The van der Waals surface area contributed by atoms with E-state index in [0.717, 1.165) is 37.8 Å². The van der Waals surface area contributed by atoms with Crippen molar-refractivity contribution in [3.8, 4) is 5.75 Å². The Morgan fingerprint density at radius 1 is 0.645 bits per heavy atom. The number of fused-ring (bicyclic) bond motifs is 2. The van der Waals surface area contributed by atoms with E-state index in [1.165, 1.54) is 4.90 Å². The molecule has 0 saturated heterocycles. The summed E-state index contributed by atoms with van der Waals surface area (Å²) in [5.41, 5.74) is 0.854. The van der Waals surface area contributed by atoms with Gasteiger partial charge in [-0.15, -0.1) is 0 Å². The van der Waals surface area contributed by atoms with Crippen molar-refractivity contribution in [3.63, 3.8) is 0 Å². The first-order valence-electron chi connectivity index (χ1n) is 10.3. The van der Waals surface area contributed by atoms with Crippen molar-refractivity contribution in [2.24, 2.45) is 0 Å². The van der Waals surface area contributed by atoms with Gasteiger partial charge in [-0.2, -0.15) is 0 Å². The normalized spacial score (nSPS) is 12.2. The Morgan fingerprint density at radius 2 is 1.32 bits per heavy atom. The third-order valence-corrected chi connectivity index (χ3v) is 6.33. The molecule has 0 radical (unpaired) electrons. The monoisotopic (exact) mass is 422 g/mol. The minimum atomic E-state index is -0.683. The molecule has 31 heavy (non-hydrogen) atoms. The van der Waals surface area contributed by atoms with E-state index in [9.17, 15) is 5.11 Å². The second-order valence-corrected chi connectivity index (χ2v) is 8.61. The second kappa shape index (κ2) is 8.84. The molecule has 3 heteroatoms. The molecule has 0 bridgehead atoms. The van der Waals surface area contributed by atoms with E-state index < -0.39 is 6.10 Å². The molecule has 1 N–H and O–H groups in total. The van der Waals surface area contributed by atoms with Gasteiger partial charge in [-0.05, 0) is 46.7 Å². The lowest BCUT2D eigenvalue weighted by Crippen LogP contribution is -2.10. The van der Waals surface area contributed by atoms with E-state index in [0.29, 0.717) is 0 Å². The van der Waals surface area contributed by atoms with E-state index in [-0.39, 0.29) is 6.61 Å². The van der Waals surface area contributed by atoms with Crippen LogP contribution in [0.5, 0.6) is 5.75 Å². The Balaban J connectivity index is 1.54. The van der Waals surface area contributed by atoms with Gasteiger partial charge in [-0.1, -0.05) is 90.6 Å². The molecule has 0 aliphatic heterocycles. The average Bonchev–Trinajstić information content (AvgIpc) is 2.83. The van der Waals surface area contributed by atoms with Crippen molar-refractivity contribution in [1.82, 2.24) is 0 Å². The Morgan fingerprint density at radius 3 is 2.13 bits per heavy atom. The van der Waals surface area contributed by atoms with E-state index in [1.807, 2.05) is 48.5 Å². The molecule has 0 heterocycles. The van der Waals surface area contributed by atoms with Gasteiger partial charge in [0.25, 0.3) is 0 Å². The van der Waals surface area contributed by atoms with Crippen molar-refractivity contribution in [2.75, 3.05) is 6.61 Å². The van der Waals surface area contributed by atoms with Gasteiger partial charge < -0.3 is 9.84 Å². The summed E-state index contributed by atoms with van der Waals surface area (Å²) in [6.07, 6.45) is -0.683. The van der Waals surface area contributed by atoms with Crippen molar-refractivity contribution >= 4 is 33.3 Å². The molecule has 0 amide bonds.